The highest BCUT2D eigenvalue weighted by Gasteiger charge is 2.30. The minimum absolute atomic E-state index is 0.545. The number of rotatable bonds is 3. The summed E-state index contributed by atoms with van der Waals surface area (Å²) in [6.07, 6.45) is -3.50. The molecule has 0 spiro atoms. The molecule has 2 heterocycles. The molecule has 0 bridgehead atoms. The van der Waals surface area contributed by atoms with Crippen LogP contribution in [0.5, 0.6) is 0 Å². The third-order valence-corrected chi connectivity index (χ3v) is 4.67. The third-order valence-electron chi connectivity index (χ3n) is 2.68. The molecule has 0 atom stereocenters. The Hall–Kier alpha value is -1.02. The fraction of sp³-hybridized carbons (Fsp3) is 0.333. The van der Waals surface area contributed by atoms with Crippen LogP contribution in [0.3, 0.4) is 0 Å². The summed E-state index contributed by atoms with van der Waals surface area (Å²) >= 11 is 4.81. The standard InChI is InChI=1S/C12H11BrF3N3S/c1-7-11(13)9(19(2)18-7)6-20-10-4-3-8(5-17-10)12(14,15)16/h3-5H,6H2,1-2H3. The van der Waals surface area contributed by atoms with Gasteiger partial charge in [-0.3, -0.25) is 4.68 Å². The van der Waals surface area contributed by atoms with Gasteiger partial charge in [-0.1, -0.05) is 0 Å². The van der Waals surface area contributed by atoms with Crippen LogP contribution in [0.4, 0.5) is 13.2 Å². The van der Waals surface area contributed by atoms with E-state index in [-0.39, 0.29) is 0 Å². The number of alkyl halides is 3. The minimum atomic E-state index is -4.35. The largest absolute Gasteiger partial charge is 0.417 e. The fourth-order valence-corrected chi connectivity index (χ4v) is 3.18. The Morgan fingerprint density at radius 1 is 1.35 bits per heavy atom. The number of hydrogen-bond donors (Lipinski definition) is 0. The van der Waals surface area contributed by atoms with Crippen molar-refractivity contribution in [2.24, 2.45) is 7.05 Å². The second-order valence-electron chi connectivity index (χ2n) is 4.14. The predicted octanol–water partition coefficient (Wildman–Crippen LogP) is 4.20. The Balaban J connectivity index is 2.08. The normalized spacial score (nSPS) is 11.9. The van der Waals surface area contributed by atoms with Gasteiger partial charge in [-0.25, -0.2) is 4.98 Å². The maximum absolute atomic E-state index is 12.4. The number of halogens is 4. The molecular weight excluding hydrogens is 355 g/mol. The molecule has 0 amide bonds. The number of aromatic nitrogens is 3. The molecule has 0 N–H and O–H groups in total. The van der Waals surface area contributed by atoms with E-state index in [1.54, 1.807) is 4.68 Å². The Morgan fingerprint density at radius 3 is 2.50 bits per heavy atom. The zero-order valence-corrected chi connectivity index (χ0v) is 13.1. The van der Waals surface area contributed by atoms with Crippen LogP contribution in [-0.4, -0.2) is 14.8 Å². The van der Waals surface area contributed by atoms with Gasteiger partial charge in [0.1, 0.15) is 0 Å². The maximum atomic E-state index is 12.4. The van der Waals surface area contributed by atoms with Crippen molar-refractivity contribution in [1.82, 2.24) is 14.8 Å². The second-order valence-corrected chi connectivity index (χ2v) is 5.93. The van der Waals surface area contributed by atoms with Crippen LogP contribution >= 0.6 is 27.7 Å². The molecule has 0 radical (unpaired) electrons. The first-order valence-corrected chi connectivity index (χ1v) is 7.41. The summed E-state index contributed by atoms with van der Waals surface area (Å²) in [6, 6.07) is 2.42. The first-order valence-electron chi connectivity index (χ1n) is 5.63. The molecule has 20 heavy (non-hydrogen) atoms. The van der Waals surface area contributed by atoms with Crippen molar-refractivity contribution < 1.29 is 13.2 Å². The molecule has 0 fully saturated rings. The quantitative estimate of drug-likeness (QED) is 0.763. The highest BCUT2D eigenvalue weighted by molar-refractivity contribution is 9.10. The monoisotopic (exact) mass is 365 g/mol. The second kappa shape index (κ2) is 5.77. The predicted molar refractivity (Wildman–Crippen MR) is 74.4 cm³/mol. The van der Waals surface area contributed by atoms with Gasteiger partial charge in [0.15, 0.2) is 0 Å². The van der Waals surface area contributed by atoms with Gasteiger partial charge in [0, 0.05) is 19.0 Å². The molecule has 8 heteroatoms. The first-order chi connectivity index (χ1) is 9.29. The number of pyridine rings is 1. The van der Waals surface area contributed by atoms with Gasteiger partial charge in [0.2, 0.25) is 0 Å². The van der Waals surface area contributed by atoms with Crippen molar-refractivity contribution in [2.45, 2.75) is 23.9 Å². The molecule has 2 aromatic heterocycles. The van der Waals surface area contributed by atoms with Crippen LogP contribution in [0.25, 0.3) is 0 Å². The lowest BCUT2D eigenvalue weighted by atomic mass is 10.3. The molecule has 0 saturated heterocycles. The summed E-state index contributed by atoms with van der Waals surface area (Å²) in [6.45, 7) is 1.88. The van der Waals surface area contributed by atoms with Crippen LogP contribution in [0.15, 0.2) is 27.8 Å². The zero-order valence-electron chi connectivity index (χ0n) is 10.7. The van der Waals surface area contributed by atoms with E-state index in [1.165, 1.54) is 17.8 Å². The molecule has 0 unspecified atom stereocenters. The minimum Gasteiger partial charge on any atom is -0.270 e. The van der Waals surface area contributed by atoms with Crippen LogP contribution in [-0.2, 0) is 19.0 Å². The smallest absolute Gasteiger partial charge is 0.270 e. The molecule has 3 nitrogen and oxygen atoms in total. The van der Waals surface area contributed by atoms with Crippen molar-refractivity contribution >= 4 is 27.7 Å². The number of nitrogens with zero attached hydrogens (tertiary/aromatic N) is 3. The molecule has 0 aliphatic rings. The third kappa shape index (κ3) is 3.35. The molecule has 0 aliphatic carbocycles. The summed E-state index contributed by atoms with van der Waals surface area (Å²) in [5.41, 5.74) is 1.11. The SMILES string of the molecule is Cc1nn(C)c(CSc2ccc(C(F)(F)F)cn2)c1Br. The summed E-state index contributed by atoms with van der Waals surface area (Å²) in [5, 5.41) is 4.80. The molecule has 0 aliphatic heterocycles. The van der Waals surface area contributed by atoms with Crippen molar-refractivity contribution in [1.29, 1.82) is 0 Å². The average Bonchev–Trinajstić information content (AvgIpc) is 2.61. The zero-order chi connectivity index (χ0) is 14.9. The van der Waals surface area contributed by atoms with E-state index in [0.717, 1.165) is 28.1 Å². The van der Waals surface area contributed by atoms with Gasteiger partial charge in [-0.15, -0.1) is 11.8 Å². The van der Waals surface area contributed by atoms with E-state index in [0.29, 0.717) is 10.8 Å². The summed E-state index contributed by atoms with van der Waals surface area (Å²) in [4.78, 5) is 3.82. The summed E-state index contributed by atoms with van der Waals surface area (Å²) in [7, 11) is 1.83. The highest BCUT2D eigenvalue weighted by atomic mass is 79.9. The van der Waals surface area contributed by atoms with E-state index in [9.17, 15) is 13.2 Å². The van der Waals surface area contributed by atoms with E-state index in [1.807, 2.05) is 14.0 Å². The van der Waals surface area contributed by atoms with E-state index in [4.69, 9.17) is 0 Å². The van der Waals surface area contributed by atoms with Gasteiger partial charge < -0.3 is 0 Å². The average molecular weight is 366 g/mol. The maximum Gasteiger partial charge on any atom is 0.417 e. The van der Waals surface area contributed by atoms with E-state index in [2.05, 4.69) is 26.0 Å². The lowest BCUT2D eigenvalue weighted by Gasteiger charge is -2.07. The summed E-state index contributed by atoms with van der Waals surface area (Å²) in [5.74, 6) is 0.580. The Labute approximate surface area is 126 Å². The van der Waals surface area contributed by atoms with Crippen molar-refractivity contribution in [3.05, 3.63) is 39.8 Å². The summed E-state index contributed by atoms with van der Waals surface area (Å²) < 4.78 is 39.9. The van der Waals surface area contributed by atoms with Crippen LogP contribution in [0, 0.1) is 6.92 Å². The topological polar surface area (TPSA) is 30.7 Å². The number of thioether (sulfide) groups is 1. The Morgan fingerprint density at radius 2 is 2.05 bits per heavy atom. The number of hydrogen-bond acceptors (Lipinski definition) is 3. The lowest BCUT2D eigenvalue weighted by molar-refractivity contribution is -0.137. The van der Waals surface area contributed by atoms with Gasteiger partial charge >= 0.3 is 6.18 Å². The van der Waals surface area contributed by atoms with E-state index < -0.39 is 11.7 Å². The van der Waals surface area contributed by atoms with E-state index >= 15 is 0 Å². The molecule has 0 aromatic carbocycles. The van der Waals surface area contributed by atoms with Gasteiger partial charge in [0.05, 0.1) is 26.4 Å². The Bertz CT molecular complexity index is 608. The number of aryl methyl sites for hydroxylation is 2. The fourth-order valence-electron chi connectivity index (χ4n) is 1.61. The van der Waals surface area contributed by atoms with Crippen molar-refractivity contribution in [3.63, 3.8) is 0 Å². The van der Waals surface area contributed by atoms with Gasteiger partial charge in [-0.2, -0.15) is 18.3 Å². The van der Waals surface area contributed by atoms with Crippen molar-refractivity contribution in [3.8, 4) is 0 Å². The van der Waals surface area contributed by atoms with Crippen LogP contribution in [0.2, 0.25) is 0 Å². The molecule has 0 saturated carbocycles. The molecule has 2 aromatic rings. The van der Waals surface area contributed by atoms with Gasteiger partial charge in [0.25, 0.3) is 0 Å². The van der Waals surface area contributed by atoms with Crippen molar-refractivity contribution in [2.75, 3.05) is 0 Å². The van der Waals surface area contributed by atoms with Crippen LogP contribution < -0.4 is 0 Å². The first kappa shape index (κ1) is 15.4. The van der Waals surface area contributed by atoms with Crippen LogP contribution in [0.1, 0.15) is 17.0 Å². The van der Waals surface area contributed by atoms with Gasteiger partial charge in [-0.05, 0) is 35.0 Å². The molecule has 108 valence electrons. The molecule has 2 rings (SSSR count). The highest BCUT2D eigenvalue weighted by Crippen LogP contribution is 2.31. The molecular formula is C12H11BrF3N3S. The Kier molecular flexibility index (Phi) is 4.43. The lowest BCUT2D eigenvalue weighted by Crippen LogP contribution is -2.05.